The predicted octanol–water partition coefficient (Wildman–Crippen LogP) is 4.12. The largest absolute Gasteiger partial charge is 0.295 e. The summed E-state index contributed by atoms with van der Waals surface area (Å²) in [5.74, 6) is 0.304. The Labute approximate surface area is 102 Å². The monoisotopic (exact) mass is 284 g/mol. The summed E-state index contributed by atoms with van der Waals surface area (Å²) >= 11 is 5.20. The van der Waals surface area contributed by atoms with E-state index in [0.717, 1.165) is 36.6 Å². The topological polar surface area (TPSA) is 17.1 Å². The molecule has 1 aromatic heterocycles. The summed E-state index contributed by atoms with van der Waals surface area (Å²) in [7, 11) is 0. The molecular weight excluding hydrogens is 272 g/mol. The van der Waals surface area contributed by atoms with E-state index in [2.05, 4.69) is 27.4 Å². The lowest BCUT2D eigenvalue weighted by atomic mass is 10.1. The van der Waals surface area contributed by atoms with Gasteiger partial charge in [0.15, 0.2) is 5.78 Å². The molecule has 0 radical (unpaired) electrons. The molecule has 80 valence electrons. The van der Waals surface area contributed by atoms with Crippen molar-refractivity contribution in [1.82, 2.24) is 0 Å². The van der Waals surface area contributed by atoms with E-state index in [1.807, 2.05) is 6.08 Å². The van der Waals surface area contributed by atoms with Crippen LogP contribution in [0.15, 0.2) is 27.6 Å². The van der Waals surface area contributed by atoms with Gasteiger partial charge in [0.2, 0.25) is 0 Å². The van der Waals surface area contributed by atoms with E-state index in [4.69, 9.17) is 0 Å². The molecule has 1 heterocycles. The third-order valence-corrected chi connectivity index (χ3v) is 4.26. The highest BCUT2D eigenvalue weighted by atomic mass is 79.9. The number of carbonyl (C=O) groups is 1. The number of allylic oxidation sites excluding steroid dienone is 2. The van der Waals surface area contributed by atoms with E-state index in [9.17, 15) is 4.79 Å². The Bertz CT molecular complexity index is 392. The molecule has 0 bridgehead atoms. The van der Waals surface area contributed by atoms with E-state index >= 15 is 0 Å². The van der Waals surface area contributed by atoms with Crippen LogP contribution in [0.3, 0.4) is 0 Å². The van der Waals surface area contributed by atoms with Gasteiger partial charge >= 0.3 is 0 Å². The smallest absolute Gasteiger partial charge is 0.155 e. The molecular formula is C12H13BrOS. The molecule has 1 aromatic rings. The second-order valence-corrected chi connectivity index (χ2v) is 5.80. The third kappa shape index (κ3) is 3.28. The highest BCUT2D eigenvalue weighted by Gasteiger charge is 2.09. The number of halogens is 1. The molecule has 1 nitrogen and oxygen atoms in total. The Kier molecular flexibility index (Phi) is 3.76. The summed E-state index contributed by atoms with van der Waals surface area (Å²) in [5.41, 5.74) is 1.30. The summed E-state index contributed by atoms with van der Waals surface area (Å²) in [5, 5.41) is 2.09. The van der Waals surface area contributed by atoms with Crippen molar-refractivity contribution in [2.75, 3.05) is 0 Å². The Morgan fingerprint density at radius 3 is 2.87 bits per heavy atom. The highest BCUT2D eigenvalue weighted by molar-refractivity contribution is 9.10. The number of rotatable bonds is 2. The van der Waals surface area contributed by atoms with E-state index in [1.54, 1.807) is 11.3 Å². The third-order valence-electron chi connectivity index (χ3n) is 2.56. The fourth-order valence-corrected chi connectivity index (χ4v) is 3.34. The second-order valence-electron chi connectivity index (χ2n) is 3.88. The van der Waals surface area contributed by atoms with Gasteiger partial charge in [-0.2, -0.15) is 0 Å². The summed E-state index contributed by atoms with van der Waals surface area (Å²) in [6.45, 7) is 0. The van der Waals surface area contributed by atoms with Gasteiger partial charge in [-0.1, -0.05) is 5.57 Å². The lowest BCUT2D eigenvalue weighted by Crippen LogP contribution is -1.92. The van der Waals surface area contributed by atoms with Crippen LogP contribution in [0.4, 0.5) is 0 Å². The number of hydrogen-bond donors (Lipinski definition) is 0. The fourth-order valence-electron chi connectivity index (χ4n) is 1.83. The number of carbonyl (C=O) groups excluding carboxylic acids is 1. The Morgan fingerprint density at radius 1 is 1.33 bits per heavy atom. The second kappa shape index (κ2) is 5.08. The lowest BCUT2D eigenvalue weighted by Gasteiger charge is -2.01. The first kappa shape index (κ1) is 11.1. The first-order chi connectivity index (χ1) is 7.24. The van der Waals surface area contributed by atoms with Crippen molar-refractivity contribution < 1.29 is 4.79 Å². The molecule has 0 aromatic carbocycles. The van der Waals surface area contributed by atoms with Crippen molar-refractivity contribution in [1.29, 1.82) is 0 Å². The minimum atomic E-state index is 0.304. The summed E-state index contributed by atoms with van der Waals surface area (Å²) in [6.07, 6.45) is 6.83. The molecule has 2 rings (SSSR count). The lowest BCUT2D eigenvalue weighted by molar-refractivity contribution is -0.114. The van der Waals surface area contributed by atoms with E-state index < -0.39 is 0 Å². The van der Waals surface area contributed by atoms with Crippen LogP contribution in [0.5, 0.6) is 0 Å². The van der Waals surface area contributed by atoms with Crippen LogP contribution in [-0.2, 0) is 11.2 Å². The summed E-state index contributed by atoms with van der Waals surface area (Å²) in [6, 6.07) is 2.14. The molecule has 0 saturated heterocycles. The van der Waals surface area contributed by atoms with Crippen molar-refractivity contribution in [2.45, 2.75) is 32.1 Å². The molecule has 0 unspecified atom stereocenters. The zero-order valence-electron chi connectivity index (χ0n) is 8.46. The number of hydrogen-bond acceptors (Lipinski definition) is 2. The first-order valence-electron chi connectivity index (χ1n) is 5.19. The molecule has 0 spiro atoms. The van der Waals surface area contributed by atoms with Crippen molar-refractivity contribution in [3.05, 3.63) is 32.4 Å². The van der Waals surface area contributed by atoms with E-state index in [1.165, 1.54) is 10.5 Å². The maximum absolute atomic E-state index is 11.4. The maximum Gasteiger partial charge on any atom is 0.155 e. The Morgan fingerprint density at radius 2 is 2.13 bits per heavy atom. The van der Waals surface area contributed by atoms with Gasteiger partial charge in [-0.05, 0) is 47.3 Å². The van der Waals surface area contributed by atoms with Gasteiger partial charge in [0.25, 0.3) is 0 Å². The zero-order valence-corrected chi connectivity index (χ0v) is 10.9. The van der Waals surface area contributed by atoms with Gasteiger partial charge in [-0.15, -0.1) is 11.3 Å². The fraction of sp³-hybridized carbons (Fsp3) is 0.417. The van der Waals surface area contributed by atoms with Crippen LogP contribution in [0.1, 0.15) is 30.6 Å². The molecule has 0 fully saturated rings. The first-order valence-corrected chi connectivity index (χ1v) is 6.86. The minimum Gasteiger partial charge on any atom is -0.295 e. The zero-order chi connectivity index (χ0) is 10.7. The van der Waals surface area contributed by atoms with Crippen LogP contribution in [0, 0.1) is 0 Å². The van der Waals surface area contributed by atoms with Gasteiger partial charge in [-0.25, -0.2) is 0 Å². The van der Waals surface area contributed by atoms with Crippen molar-refractivity contribution in [3.8, 4) is 0 Å². The maximum atomic E-state index is 11.4. The molecule has 3 heteroatoms. The molecule has 0 amide bonds. The van der Waals surface area contributed by atoms with Crippen molar-refractivity contribution in [2.24, 2.45) is 0 Å². The average molecular weight is 285 g/mol. The van der Waals surface area contributed by atoms with Crippen LogP contribution >= 0.6 is 27.3 Å². The molecule has 0 aliphatic heterocycles. The summed E-state index contributed by atoms with van der Waals surface area (Å²) < 4.78 is 1.14. The van der Waals surface area contributed by atoms with Crippen LogP contribution in [0.25, 0.3) is 0 Å². The molecule has 0 N–H and O–H groups in total. The molecule has 1 aliphatic carbocycles. The number of ketones is 1. The molecule has 0 saturated carbocycles. The standard InChI is InChI=1S/C12H13BrOS/c13-10-7-12(15-8-10)6-9-3-1-2-4-11(14)5-9/h5,7-8H,1-4,6H2. The molecule has 1 aliphatic rings. The average Bonchev–Trinajstić information content (AvgIpc) is 2.46. The van der Waals surface area contributed by atoms with Gasteiger partial charge in [0.05, 0.1) is 0 Å². The van der Waals surface area contributed by atoms with Gasteiger partial charge in [0.1, 0.15) is 0 Å². The van der Waals surface area contributed by atoms with Crippen LogP contribution < -0.4 is 0 Å². The van der Waals surface area contributed by atoms with Crippen molar-refractivity contribution in [3.63, 3.8) is 0 Å². The van der Waals surface area contributed by atoms with Crippen LogP contribution in [-0.4, -0.2) is 5.78 Å². The van der Waals surface area contributed by atoms with Gasteiger partial charge < -0.3 is 0 Å². The predicted molar refractivity (Wildman–Crippen MR) is 67.3 cm³/mol. The Hall–Kier alpha value is -0.410. The van der Waals surface area contributed by atoms with Crippen LogP contribution in [0.2, 0.25) is 0 Å². The highest BCUT2D eigenvalue weighted by Crippen LogP contribution is 2.25. The normalized spacial score (nSPS) is 17.4. The molecule has 0 atom stereocenters. The van der Waals surface area contributed by atoms with E-state index in [-0.39, 0.29) is 0 Å². The van der Waals surface area contributed by atoms with Gasteiger partial charge in [0, 0.05) is 27.6 Å². The Balaban J connectivity index is 2.07. The van der Waals surface area contributed by atoms with Crippen molar-refractivity contribution >= 4 is 33.0 Å². The molecule has 15 heavy (non-hydrogen) atoms. The minimum absolute atomic E-state index is 0.304. The quantitative estimate of drug-likeness (QED) is 0.798. The van der Waals surface area contributed by atoms with E-state index in [0.29, 0.717) is 5.78 Å². The summed E-state index contributed by atoms with van der Waals surface area (Å²) in [4.78, 5) is 12.7. The van der Waals surface area contributed by atoms with Gasteiger partial charge in [-0.3, -0.25) is 4.79 Å². The number of thiophene rings is 1. The SMILES string of the molecule is O=C1C=C(Cc2cc(Br)cs2)CCCC1.